The molecule has 0 radical (unpaired) electrons. The van der Waals surface area contributed by atoms with Gasteiger partial charge in [-0.2, -0.15) is 0 Å². The molecule has 31 heavy (non-hydrogen) atoms. The summed E-state index contributed by atoms with van der Waals surface area (Å²) in [5, 5.41) is 28.0. The van der Waals surface area contributed by atoms with E-state index in [4.69, 9.17) is 0 Å². The normalized spacial score (nSPS) is 21.4. The molecular formula is C20H36N4O7. The van der Waals surface area contributed by atoms with E-state index in [1.165, 1.54) is 6.92 Å². The van der Waals surface area contributed by atoms with E-state index >= 15 is 0 Å². The van der Waals surface area contributed by atoms with Gasteiger partial charge in [0.15, 0.2) is 0 Å². The van der Waals surface area contributed by atoms with Gasteiger partial charge in [-0.25, -0.2) is 0 Å². The van der Waals surface area contributed by atoms with Crippen molar-refractivity contribution < 1.29 is 34.5 Å². The van der Waals surface area contributed by atoms with Crippen LogP contribution in [0, 0.1) is 5.92 Å². The average Bonchev–Trinajstić information content (AvgIpc) is 2.61. The molecule has 0 aromatic heterocycles. The predicted octanol–water partition coefficient (Wildman–Crippen LogP) is -0.925. The summed E-state index contributed by atoms with van der Waals surface area (Å²) in [6.07, 6.45) is 0. The Labute approximate surface area is 183 Å². The zero-order chi connectivity index (χ0) is 23.6. The van der Waals surface area contributed by atoms with Crippen LogP contribution in [0.25, 0.3) is 0 Å². The van der Waals surface area contributed by atoms with Crippen molar-refractivity contribution in [1.29, 1.82) is 0 Å². The molecule has 11 nitrogen and oxygen atoms in total. The highest BCUT2D eigenvalue weighted by atomic mass is 16.4. The van der Waals surface area contributed by atoms with Gasteiger partial charge in [0, 0.05) is 51.9 Å². The third-order valence-corrected chi connectivity index (χ3v) is 5.35. The minimum Gasteiger partial charge on any atom is -0.480 e. The summed E-state index contributed by atoms with van der Waals surface area (Å²) in [7, 11) is 0. The van der Waals surface area contributed by atoms with Crippen LogP contribution in [-0.2, 0) is 19.2 Å². The van der Waals surface area contributed by atoms with E-state index in [1.807, 2.05) is 18.7 Å². The first-order valence-corrected chi connectivity index (χ1v) is 10.5. The quantitative estimate of drug-likeness (QED) is 0.406. The van der Waals surface area contributed by atoms with Crippen molar-refractivity contribution in [3.05, 3.63) is 0 Å². The number of ketones is 1. The molecule has 0 aromatic rings. The number of carbonyl (C=O) groups is 4. The lowest BCUT2D eigenvalue weighted by atomic mass is 10.0. The molecule has 0 aromatic carbocycles. The van der Waals surface area contributed by atoms with Crippen molar-refractivity contribution in [2.24, 2.45) is 5.92 Å². The number of hydrogen-bond acceptors (Lipinski definition) is 8. The molecule has 1 heterocycles. The Morgan fingerprint density at radius 2 is 1.13 bits per heavy atom. The monoisotopic (exact) mass is 444 g/mol. The summed E-state index contributed by atoms with van der Waals surface area (Å²) in [6.45, 7) is 7.85. The molecule has 11 heteroatoms. The molecule has 1 aliphatic rings. The van der Waals surface area contributed by atoms with Crippen molar-refractivity contribution in [2.75, 3.05) is 72.0 Å². The first kappa shape index (κ1) is 27.0. The molecule has 0 saturated carbocycles. The number of carbonyl (C=O) groups excluding carboxylic acids is 1. The second-order valence-electron chi connectivity index (χ2n) is 8.45. The van der Waals surface area contributed by atoms with Crippen molar-refractivity contribution >= 4 is 23.7 Å². The Bertz CT molecular complexity index is 629. The van der Waals surface area contributed by atoms with Crippen molar-refractivity contribution in [3.63, 3.8) is 0 Å². The molecule has 178 valence electrons. The molecule has 3 N–H and O–H groups in total. The standard InChI is InChI=1S/C20H36N4O7/c1-15(2)17-11-23(13-19(28)29)7-6-21(10-16(3)25)4-5-22(12-18(26)27)8-9-24(17)14-20(30)31/h15,17H,4-14H2,1-3H3,(H,26,27)(H,28,29)(H,30,31). The topological polar surface area (TPSA) is 142 Å². The molecule has 1 atom stereocenters. The van der Waals surface area contributed by atoms with E-state index < -0.39 is 17.9 Å². The fourth-order valence-electron chi connectivity index (χ4n) is 3.86. The smallest absolute Gasteiger partial charge is 0.317 e. The van der Waals surface area contributed by atoms with Gasteiger partial charge in [0.25, 0.3) is 0 Å². The minimum absolute atomic E-state index is 0.0191. The van der Waals surface area contributed by atoms with E-state index in [-0.39, 0.29) is 43.9 Å². The van der Waals surface area contributed by atoms with E-state index in [0.29, 0.717) is 45.8 Å². The van der Waals surface area contributed by atoms with Crippen LogP contribution in [0.5, 0.6) is 0 Å². The average molecular weight is 445 g/mol. The summed E-state index contributed by atoms with van der Waals surface area (Å²) in [5.74, 6) is -2.89. The highest BCUT2D eigenvalue weighted by molar-refractivity contribution is 5.77. The maximum atomic E-state index is 11.7. The Balaban J connectivity index is 3.17. The molecule has 1 unspecified atom stereocenters. The van der Waals surface area contributed by atoms with Crippen LogP contribution < -0.4 is 0 Å². The van der Waals surface area contributed by atoms with Gasteiger partial charge >= 0.3 is 17.9 Å². The van der Waals surface area contributed by atoms with Gasteiger partial charge in [-0.05, 0) is 12.8 Å². The second kappa shape index (κ2) is 13.4. The Morgan fingerprint density at radius 3 is 1.58 bits per heavy atom. The fourth-order valence-corrected chi connectivity index (χ4v) is 3.86. The molecule has 1 aliphatic heterocycles. The van der Waals surface area contributed by atoms with Crippen LogP contribution in [0.3, 0.4) is 0 Å². The third kappa shape index (κ3) is 11.2. The van der Waals surface area contributed by atoms with Gasteiger partial charge in [-0.15, -0.1) is 0 Å². The highest BCUT2D eigenvalue weighted by Crippen LogP contribution is 2.14. The first-order chi connectivity index (χ1) is 14.5. The maximum Gasteiger partial charge on any atom is 0.317 e. The number of Topliss-reactive ketones (excluding diaryl/α,β-unsaturated/α-hetero) is 1. The lowest BCUT2D eigenvalue weighted by molar-refractivity contribution is -0.141. The molecule has 1 fully saturated rings. The van der Waals surface area contributed by atoms with Gasteiger partial charge in [-0.1, -0.05) is 13.8 Å². The second-order valence-corrected chi connectivity index (χ2v) is 8.45. The fraction of sp³-hybridized carbons (Fsp3) is 0.800. The van der Waals surface area contributed by atoms with Crippen molar-refractivity contribution in [1.82, 2.24) is 19.6 Å². The first-order valence-electron chi connectivity index (χ1n) is 10.5. The minimum atomic E-state index is -0.986. The summed E-state index contributed by atoms with van der Waals surface area (Å²) < 4.78 is 0. The molecule has 0 bridgehead atoms. The van der Waals surface area contributed by atoms with Crippen molar-refractivity contribution in [3.8, 4) is 0 Å². The predicted molar refractivity (Wildman–Crippen MR) is 113 cm³/mol. The van der Waals surface area contributed by atoms with Crippen LogP contribution in [0.15, 0.2) is 0 Å². The summed E-state index contributed by atoms with van der Waals surface area (Å²) in [4.78, 5) is 53.1. The largest absolute Gasteiger partial charge is 0.480 e. The molecule has 0 amide bonds. The lowest BCUT2D eigenvalue weighted by Gasteiger charge is -2.39. The Kier molecular flexibility index (Phi) is 11.6. The maximum absolute atomic E-state index is 11.7. The number of carboxylic acid groups (broad SMARTS) is 3. The Hall–Kier alpha value is -2.08. The van der Waals surface area contributed by atoms with Crippen LogP contribution in [0.1, 0.15) is 20.8 Å². The van der Waals surface area contributed by atoms with E-state index in [2.05, 4.69) is 0 Å². The molecule has 0 aliphatic carbocycles. The van der Waals surface area contributed by atoms with Gasteiger partial charge in [0.2, 0.25) is 0 Å². The van der Waals surface area contributed by atoms with Crippen molar-refractivity contribution in [2.45, 2.75) is 26.8 Å². The molecule has 1 rings (SSSR count). The molecular weight excluding hydrogens is 408 g/mol. The van der Waals surface area contributed by atoms with Gasteiger partial charge in [0.05, 0.1) is 26.2 Å². The summed E-state index contributed by atoms with van der Waals surface area (Å²) >= 11 is 0. The SMILES string of the molecule is CC(=O)CN1CCN(CC(=O)O)CCN(CC(=O)O)C(C(C)C)CN(CC(=O)O)CC1. The lowest BCUT2D eigenvalue weighted by Crippen LogP contribution is -2.54. The summed E-state index contributed by atoms with van der Waals surface area (Å²) in [6, 6.07) is -0.220. The third-order valence-electron chi connectivity index (χ3n) is 5.35. The number of nitrogens with zero attached hydrogens (tertiary/aromatic N) is 4. The van der Waals surface area contributed by atoms with E-state index in [9.17, 15) is 34.5 Å². The van der Waals surface area contributed by atoms with Crippen LogP contribution in [0.4, 0.5) is 0 Å². The zero-order valence-corrected chi connectivity index (χ0v) is 18.7. The summed E-state index contributed by atoms with van der Waals surface area (Å²) in [5.41, 5.74) is 0. The number of hydrogen-bond donors (Lipinski definition) is 3. The number of carboxylic acids is 3. The van der Waals surface area contributed by atoms with Gasteiger partial charge in [0.1, 0.15) is 5.78 Å². The molecule has 0 spiro atoms. The van der Waals surface area contributed by atoms with E-state index in [1.54, 1.807) is 14.7 Å². The van der Waals surface area contributed by atoms with Gasteiger partial charge in [-0.3, -0.25) is 38.8 Å². The van der Waals surface area contributed by atoms with Gasteiger partial charge < -0.3 is 15.3 Å². The van der Waals surface area contributed by atoms with E-state index in [0.717, 1.165) is 0 Å². The van der Waals surface area contributed by atoms with Crippen LogP contribution >= 0.6 is 0 Å². The van der Waals surface area contributed by atoms with Crippen LogP contribution in [-0.4, -0.2) is 137 Å². The number of aliphatic carboxylic acids is 3. The number of rotatable bonds is 9. The molecule has 1 saturated heterocycles. The zero-order valence-electron chi connectivity index (χ0n) is 18.7. The van der Waals surface area contributed by atoms with Crippen LogP contribution in [0.2, 0.25) is 0 Å². The highest BCUT2D eigenvalue weighted by Gasteiger charge is 2.28. The Morgan fingerprint density at radius 1 is 0.710 bits per heavy atom.